The number of hydrogen-bond donors (Lipinski definition) is 1. The van der Waals surface area contributed by atoms with E-state index in [2.05, 4.69) is 5.32 Å². The second-order valence-corrected chi connectivity index (χ2v) is 5.30. The van der Waals surface area contributed by atoms with E-state index in [1.807, 2.05) is 0 Å². The first-order chi connectivity index (χ1) is 12.5. The van der Waals surface area contributed by atoms with Crippen LogP contribution in [0.4, 0.5) is 4.39 Å². The molecule has 2 rings (SSSR count). The lowest BCUT2D eigenvalue weighted by Crippen LogP contribution is -2.27. The summed E-state index contributed by atoms with van der Waals surface area (Å²) >= 11 is 0. The molecule has 0 spiro atoms. The molecular weight excluding hydrogens is 341 g/mol. The Labute approximate surface area is 149 Å². The van der Waals surface area contributed by atoms with Crippen molar-refractivity contribution in [3.05, 3.63) is 65.5 Å². The minimum atomic E-state index is -0.643. The summed E-state index contributed by atoms with van der Waals surface area (Å²) in [6, 6.07) is 11.8. The van der Waals surface area contributed by atoms with E-state index in [0.29, 0.717) is 11.3 Å². The topological polar surface area (TPSA) is 81.7 Å². The zero-order valence-corrected chi connectivity index (χ0v) is 14.2. The third kappa shape index (κ3) is 5.41. The van der Waals surface area contributed by atoms with Crippen molar-refractivity contribution in [1.82, 2.24) is 5.32 Å². The molecule has 0 bridgehead atoms. The van der Waals surface area contributed by atoms with Crippen LogP contribution in [0.25, 0.3) is 0 Å². The van der Waals surface area contributed by atoms with Gasteiger partial charge in [0.25, 0.3) is 5.91 Å². The minimum absolute atomic E-state index is 0.0455. The first-order valence-electron chi connectivity index (χ1n) is 7.87. The van der Waals surface area contributed by atoms with Gasteiger partial charge in [0.2, 0.25) is 0 Å². The number of halogens is 1. The highest BCUT2D eigenvalue weighted by Gasteiger charge is 2.13. The second kappa shape index (κ2) is 9.31. The van der Waals surface area contributed by atoms with Crippen molar-refractivity contribution in [3.8, 4) is 5.75 Å². The molecule has 0 aliphatic heterocycles. The molecule has 1 amide bonds. The molecule has 2 aromatic carbocycles. The number of nitrogens with one attached hydrogen (secondary N) is 1. The van der Waals surface area contributed by atoms with Crippen LogP contribution in [-0.4, -0.2) is 37.9 Å². The zero-order chi connectivity index (χ0) is 18.9. The SMILES string of the molecule is COc1ccccc1C(=O)NCCC(=O)OCC(=O)c1cccc(F)c1. The monoisotopic (exact) mass is 359 g/mol. The van der Waals surface area contributed by atoms with Crippen molar-refractivity contribution in [2.24, 2.45) is 0 Å². The Morgan fingerprint density at radius 1 is 1.08 bits per heavy atom. The van der Waals surface area contributed by atoms with Gasteiger partial charge in [-0.2, -0.15) is 0 Å². The quantitative estimate of drug-likeness (QED) is 0.578. The highest BCUT2D eigenvalue weighted by atomic mass is 19.1. The van der Waals surface area contributed by atoms with Crippen molar-refractivity contribution in [2.45, 2.75) is 6.42 Å². The Hall–Kier alpha value is -3.22. The van der Waals surface area contributed by atoms with Gasteiger partial charge in [-0.05, 0) is 24.3 Å². The molecule has 0 aliphatic rings. The second-order valence-electron chi connectivity index (χ2n) is 5.30. The molecule has 0 radical (unpaired) electrons. The Balaban J connectivity index is 1.75. The van der Waals surface area contributed by atoms with Crippen molar-refractivity contribution in [3.63, 3.8) is 0 Å². The number of benzene rings is 2. The van der Waals surface area contributed by atoms with Crippen LogP contribution >= 0.6 is 0 Å². The molecule has 0 fully saturated rings. The fraction of sp³-hybridized carbons (Fsp3) is 0.211. The van der Waals surface area contributed by atoms with Crippen molar-refractivity contribution in [2.75, 3.05) is 20.3 Å². The Morgan fingerprint density at radius 2 is 1.85 bits per heavy atom. The van der Waals surface area contributed by atoms with Gasteiger partial charge < -0.3 is 14.8 Å². The van der Waals surface area contributed by atoms with Crippen molar-refractivity contribution in [1.29, 1.82) is 0 Å². The average Bonchev–Trinajstić information content (AvgIpc) is 2.65. The van der Waals surface area contributed by atoms with Crippen LogP contribution in [0, 0.1) is 5.82 Å². The molecule has 1 N–H and O–H groups in total. The maximum Gasteiger partial charge on any atom is 0.308 e. The molecule has 26 heavy (non-hydrogen) atoms. The summed E-state index contributed by atoms with van der Waals surface area (Å²) in [6.07, 6.45) is -0.0999. The standard InChI is InChI=1S/C19H18FNO5/c1-25-17-8-3-2-7-15(17)19(24)21-10-9-18(23)26-12-16(22)13-5-4-6-14(20)11-13/h2-8,11H,9-10,12H2,1H3,(H,21,24). The summed E-state index contributed by atoms with van der Waals surface area (Å²) in [5.74, 6) is -1.65. The summed E-state index contributed by atoms with van der Waals surface area (Å²) in [5, 5.41) is 2.58. The molecule has 136 valence electrons. The Kier molecular flexibility index (Phi) is 6.84. The Bertz CT molecular complexity index is 806. The third-order valence-electron chi connectivity index (χ3n) is 3.48. The van der Waals surface area contributed by atoms with E-state index in [0.717, 1.165) is 6.07 Å². The van der Waals surface area contributed by atoms with Gasteiger partial charge >= 0.3 is 5.97 Å². The lowest BCUT2D eigenvalue weighted by atomic mass is 10.1. The number of ether oxygens (including phenoxy) is 2. The number of esters is 1. The molecule has 0 unspecified atom stereocenters. The molecule has 0 aliphatic carbocycles. The first kappa shape index (κ1) is 19.1. The predicted molar refractivity (Wildman–Crippen MR) is 91.6 cm³/mol. The highest BCUT2D eigenvalue weighted by molar-refractivity contribution is 5.98. The molecule has 0 aromatic heterocycles. The van der Waals surface area contributed by atoms with Gasteiger partial charge in [-0.15, -0.1) is 0 Å². The first-order valence-corrected chi connectivity index (χ1v) is 7.87. The molecule has 2 aromatic rings. The lowest BCUT2D eigenvalue weighted by molar-refractivity contribution is -0.142. The summed E-state index contributed by atoms with van der Waals surface area (Å²) in [4.78, 5) is 35.5. The molecule has 0 saturated heterocycles. The van der Waals surface area contributed by atoms with E-state index in [1.54, 1.807) is 24.3 Å². The summed E-state index contributed by atoms with van der Waals surface area (Å²) in [7, 11) is 1.46. The van der Waals surface area contributed by atoms with Crippen LogP contribution in [0.3, 0.4) is 0 Å². The van der Waals surface area contributed by atoms with E-state index in [4.69, 9.17) is 9.47 Å². The molecular formula is C19H18FNO5. The Morgan fingerprint density at radius 3 is 2.58 bits per heavy atom. The van der Waals surface area contributed by atoms with Crippen LogP contribution < -0.4 is 10.1 Å². The summed E-state index contributed by atoms with van der Waals surface area (Å²) in [5.41, 5.74) is 0.479. The number of ketones is 1. The van der Waals surface area contributed by atoms with Gasteiger partial charge in [0, 0.05) is 12.1 Å². The normalized spacial score (nSPS) is 10.1. The van der Waals surface area contributed by atoms with Crippen molar-refractivity contribution < 1.29 is 28.2 Å². The van der Waals surface area contributed by atoms with Gasteiger partial charge in [0.05, 0.1) is 19.1 Å². The van der Waals surface area contributed by atoms with E-state index >= 15 is 0 Å². The summed E-state index contributed by atoms with van der Waals surface area (Å²) < 4.78 is 23.0. The van der Waals surface area contributed by atoms with Crippen LogP contribution in [0.5, 0.6) is 5.75 Å². The van der Waals surface area contributed by atoms with Gasteiger partial charge in [-0.3, -0.25) is 14.4 Å². The van der Waals surface area contributed by atoms with Crippen LogP contribution in [0.1, 0.15) is 27.1 Å². The fourth-order valence-corrected chi connectivity index (χ4v) is 2.17. The maximum atomic E-state index is 13.1. The number of hydrogen-bond acceptors (Lipinski definition) is 5. The van der Waals surface area contributed by atoms with E-state index in [-0.39, 0.29) is 24.4 Å². The highest BCUT2D eigenvalue weighted by Crippen LogP contribution is 2.16. The number of methoxy groups -OCH3 is 1. The summed E-state index contributed by atoms with van der Waals surface area (Å²) in [6.45, 7) is -0.438. The third-order valence-corrected chi connectivity index (χ3v) is 3.48. The molecule has 0 atom stereocenters. The van der Waals surface area contributed by atoms with Crippen molar-refractivity contribution >= 4 is 17.7 Å². The predicted octanol–water partition coefficient (Wildman–Crippen LogP) is 2.38. The van der Waals surface area contributed by atoms with Gasteiger partial charge in [0.1, 0.15) is 11.6 Å². The van der Waals surface area contributed by atoms with Gasteiger partial charge in [-0.1, -0.05) is 24.3 Å². The van der Waals surface area contributed by atoms with Crippen LogP contribution in [0.15, 0.2) is 48.5 Å². The lowest BCUT2D eigenvalue weighted by Gasteiger charge is -2.09. The maximum absolute atomic E-state index is 13.1. The van der Waals surface area contributed by atoms with E-state index in [1.165, 1.54) is 25.3 Å². The number of carbonyl (C=O) groups is 3. The minimum Gasteiger partial charge on any atom is -0.496 e. The van der Waals surface area contributed by atoms with Crippen LogP contribution in [-0.2, 0) is 9.53 Å². The van der Waals surface area contributed by atoms with Crippen LogP contribution in [0.2, 0.25) is 0 Å². The molecule has 7 heteroatoms. The molecule has 6 nitrogen and oxygen atoms in total. The fourth-order valence-electron chi connectivity index (χ4n) is 2.17. The van der Waals surface area contributed by atoms with E-state index < -0.39 is 24.2 Å². The van der Waals surface area contributed by atoms with Gasteiger partial charge in [-0.25, -0.2) is 4.39 Å². The largest absolute Gasteiger partial charge is 0.496 e. The number of Topliss-reactive ketones (excluding diaryl/α,β-unsaturated/α-hetero) is 1. The molecule has 0 saturated carbocycles. The number of carbonyl (C=O) groups excluding carboxylic acids is 3. The average molecular weight is 359 g/mol. The number of amides is 1. The van der Waals surface area contributed by atoms with Gasteiger partial charge in [0.15, 0.2) is 12.4 Å². The molecule has 0 heterocycles. The number of rotatable bonds is 8. The smallest absolute Gasteiger partial charge is 0.308 e. The zero-order valence-electron chi connectivity index (χ0n) is 14.2. The van der Waals surface area contributed by atoms with E-state index in [9.17, 15) is 18.8 Å². The number of para-hydroxylation sites is 1.